The molecule has 7 heteroatoms. The van der Waals surface area contributed by atoms with Crippen molar-refractivity contribution in [2.75, 3.05) is 9.80 Å². The minimum absolute atomic E-state index is 0.155. The number of nitrogens with zero attached hydrogens (tertiary/aromatic N) is 4. The third-order valence-corrected chi connectivity index (χ3v) is 10.9. The highest BCUT2D eigenvalue weighted by Gasteiger charge is 2.39. The largest absolute Gasteiger partial charge is 0.340 e. The van der Waals surface area contributed by atoms with E-state index in [2.05, 4.69) is 214 Å². The highest BCUT2D eigenvalue weighted by molar-refractivity contribution is 7.96. The van der Waals surface area contributed by atoms with E-state index in [0.717, 1.165) is 85.0 Å². The third-order valence-electron chi connectivity index (χ3n) is 10.3. The van der Waals surface area contributed by atoms with Crippen molar-refractivity contribution >= 4 is 57.5 Å². The molecule has 0 bridgehead atoms. The lowest BCUT2D eigenvalue weighted by molar-refractivity contribution is 0.992. The third kappa shape index (κ3) is 6.14. The summed E-state index contributed by atoms with van der Waals surface area (Å²) in [5.41, 5.74) is 14.7. The maximum atomic E-state index is 5.36. The lowest BCUT2D eigenvalue weighted by Crippen LogP contribution is -2.25. The Morgan fingerprint density at radius 1 is 0.446 bits per heavy atom. The number of imidazole rings is 1. The minimum Gasteiger partial charge on any atom is -0.340 e. The van der Waals surface area contributed by atoms with Gasteiger partial charge in [0.05, 0.1) is 40.8 Å². The first-order valence-electron chi connectivity index (χ1n) is 18.7. The molecule has 268 valence electrons. The van der Waals surface area contributed by atoms with Gasteiger partial charge in [-0.05, 0) is 83.9 Å². The second-order valence-corrected chi connectivity index (χ2v) is 14.3. The van der Waals surface area contributed by atoms with Crippen LogP contribution in [0.4, 0.5) is 34.1 Å². The predicted molar refractivity (Wildman–Crippen MR) is 232 cm³/mol. The molecule has 0 amide bonds. The van der Waals surface area contributed by atoms with Crippen molar-refractivity contribution in [2.24, 2.45) is 4.40 Å². The molecule has 1 unspecified atom stereocenters. The summed E-state index contributed by atoms with van der Waals surface area (Å²) in [6, 6.07) is 70.0. The lowest BCUT2D eigenvalue weighted by atomic mass is 9.80. The topological polar surface area (TPSA) is 59.6 Å². The van der Waals surface area contributed by atoms with Crippen molar-refractivity contribution in [3.8, 4) is 11.4 Å². The van der Waals surface area contributed by atoms with E-state index in [-0.39, 0.29) is 5.92 Å². The second-order valence-electron chi connectivity index (χ2n) is 13.7. The molecule has 8 aromatic rings. The van der Waals surface area contributed by atoms with Gasteiger partial charge in [-0.2, -0.15) is 4.40 Å². The fraction of sp³-hybridized carbons (Fsp3) is 0.0204. The van der Waals surface area contributed by atoms with Crippen LogP contribution in [-0.4, -0.2) is 15.7 Å². The van der Waals surface area contributed by atoms with Crippen LogP contribution in [0.5, 0.6) is 0 Å². The number of rotatable bonds is 9. The van der Waals surface area contributed by atoms with Crippen LogP contribution in [0.15, 0.2) is 210 Å². The van der Waals surface area contributed by atoms with Gasteiger partial charge in [-0.1, -0.05) is 127 Å². The summed E-state index contributed by atoms with van der Waals surface area (Å²) < 4.78 is 8.63. The fourth-order valence-corrected chi connectivity index (χ4v) is 8.41. The molecule has 10 rings (SSSR count). The van der Waals surface area contributed by atoms with Crippen molar-refractivity contribution in [3.63, 3.8) is 0 Å². The van der Waals surface area contributed by atoms with E-state index in [4.69, 9.17) is 9.38 Å². The van der Waals surface area contributed by atoms with Gasteiger partial charge in [0.15, 0.2) is 0 Å². The van der Waals surface area contributed by atoms with Crippen LogP contribution in [0, 0.1) is 0 Å². The molecule has 6 nitrogen and oxygen atoms in total. The number of fused-ring (bicyclic) bond motifs is 2. The predicted octanol–water partition coefficient (Wildman–Crippen LogP) is 12.5. The number of para-hydroxylation sites is 4. The molecule has 0 spiro atoms. The zero-order valence-electron chi connectivity index (χ0n) is 30.3. The first-order chi connectivity index (χ1) is 27.8. The normalized spacial score (nSPS) is 14.4. The summed E-state index contributed by atoms with van der Waals surface area (Å²) in [4.78, 5) is 13.7. The Labute approximate surface area is 330 Å². The van der Waals surface area contributed by atoms with Crippen LogP contribution in [0.2, 0.25) is 0 Å². The van der Waals surface area contributed by atoms with Crippen molar-refractivity contribution in [1.82, 2.24) is 14.7 Å². The number of allylic oxidation sites excluding steroid dienone is 1. The molecule has 7 aromatic carbocycles. The van der Waals surface area contributed by atoms with E-state index >= 15 is 0 Å². The summed E-state index contributed by atoms with van der Waals surface area (Å²) in [7, 11) is 0. The number of nitrogens with one attached hydrogen (secondary N) is 2. The lowest BCUT2D eigenvalue weighted by Gasteiger charge is -2.28. The molecule has 0 radical (unpaired) electrons. The highest BCUT2D eigenvalue weighted by atomic mass is 32.2. The molecular formula is C49H36N6S. The molecule has 0 saturated carbocycles. The minimum atomic E-state index is -0.155. The van der Waals surface area contributed by atoms with Crippen LogP contribution >= 0.6 is 12.1 Å². The average Bonchev–Trinajstić information content (AvgIpc) is 3.94. The van der Waals surface area contributed by atoms with Gasteiger partial charge in [-0.3, -0.25) is 0 Å². The number of H-pyrrole nitrogens is 1. The molecule has 0 saturated heterocycles. The van der Waals surface area contributed by atoms with Gasteiger partial charge in [0, 0.05) is 45.3 Å². The fourth-order valence-electron chi connectivity index (χ4n) is 7.77. The molecular weight excluding hydrogens is 705 g/mol. The Morgan fingerprint density at radius 3 is 1.36 bits per heavy atom. The number of anilines is 6. The van der Waals surface area contributed by atoms with Gasteiger partial charge in [0.1, 0.15) is 5.82 Å². The molecule has 1 aliphatic heterocycles. The van der Waals surface area contributed by atoms with Crippen LogP contribution in [-0.2, 0) is 0 Å². The van der Waals surface area contributed by atoms with E-state index in [1.54, 1.807) is 0 Å². The van der Waals surface area contributed by atoms with Gasteiger partial charge >= 0.3 is 0 Å². The number of aromatic amines is 1. The molecule has 1 aliphatic carbocycles. The average molecular weight is 741 g/mol. The van der Waals surface area contributed by atoms with Crippen LogP contribution in [0.1, 0.15) is 28.4 Å². The SMILES string of the molecule is c1ccc(-c2nc3c([nH]2)C(c2ccc(N(c4ccccc4)c4ccccc4)cc2)C2=NSNC2=C3c2ccc(N(c3ccccc3)c3ccccc3)cc2)cc1. The van der Waals surface area contributed by atoms with Crippen molar-refractivity contribution in [2.45, 2.75) is 5.92 Å². The van der Waals surface area contributed by atoms with Crippen LogP contribution in [0.3, 0.4) is 0 Å². The molecule has 56 heavy (non-hydrogen) atoms. The summed E-state index contributed by atoms with van der Waals surface area (Å²) in [6.07, 6.45) is 0. The van der Waals surface area contributed by atoms with E-state index < -0.39 is 0 Å². The van der Waals surface area contributed by atoms with Crippen molar-refractivity contribution in [3.05, 3.63) is 228 Å². The Bertz CT molecular complexity index is 2580. The van der Waals surface area contributed by atoms with Crippen LogP contribution in [0.25, 0.3) is 17.0 Å². The van der Waals surface area contributed by atoms with Gasteiger partial charge in [0.25, 0.3) is 0 Å². The number of hydrogen-bond donors (Lipinski definition) is 2. The summed E-state index contributed by atoms with van der Waals surface area (Å²) in [6.45, 7) is 0. The molecule has 2 N–H and O–H groups in total. The summed E-state index contributed by atoms with van der Waals surface area (Å²) >= 11 is 1.38. The number of benzene rings is 7. The van der Waals surface area contributed by atoms with Crippen molar-refractivity contribution in [1.29, 1.82) is 0 Å². The summed E-state index contributed by atoms with van der Waals surface area (Å²) in [5.74, 6) is 0.678. The summed E-state index contributed by atoms with van der Waals surface area (Å²) in [5, 5.41) is 0. The van der Waals surface area contributed by atoms with Gasteiger partial charge in [-0.25, -0.2) is 4.98 Å². The van der Waals surface area contributed by atoms with E-state index in [1.165, 1.54) is 12.1 Å². The Kier molecular flexibility index (Phi) is 8.74. The Morgan fingerprint density at radius 2 is 0.875 bits per heavy atom. The zero-order valence-corrected chi connectivity index (χ0v) is 31.1. The van der Waals surface area contributed by atoms with E-state index in [1.807, 2.05) is 6.07 Å². The molecule has 0 fully saturated rings. The standard InChI is InChI=1S/C49H36N6S/c1-6-16-36(17-7-1)49-50-45-43(34-26-30-41(31-27-34)54(37-18-8-2-9-19-37)38-20-10-3-11-21-38)47-48(53-56-52-47)44(46(45)51-49)35-28-32-42(33-29-35)55(39-22-12-4-13-23-39)40-24-14-5-15-25-40/h1-33,43,53H,(H,50,51). The van der Waals surface area contributed by atoms with Crippen molar-refractivity contribution < 1.29 is 0 Å². The zero-order chi connectivity index (χ0) is 37.3. The monoisotopic (exact) mass is 740 g/mol. The molecule has 1 atom stereocenters. The van der Waals surface area contributed by atoms with Gasteiger partial charge in [0.2, 0.25) is 0 Å². The number of aromatic nitrogens is 2. The maximum Gasteiger partial charge on any atom is 0.138 e. The first kappa shape index (κ1) is 33.5. The highest BCUT2D eigenvalue weighted by Crippen LogP contribution is 2.47. The smallest absolute Gasteiger partial charge is 0.138 e. The second kappa shape index (κ2) is 14.6. The first-order valence-corrected chi connectivity index (χ1v) is 19.5. The quantitative estimate of drug-likeness (QED) is 0.144. The Balaban J connectivity index is 1.07. The molecule has 2 heterocycles. The van der Waals surface area contributed by atoms with Gasteiger partial charge in [-0.15, -0.1) is 0 Å². The maximum absolute atomic E-state index is 5.36. The van der Waals surface area contributed by atoms with E-state index in [0.29, 0.717) is 0 Å². The van der Waals surface area contributed by atoms with Crippen LogP contribution < -0.4 is 14.5 Å². The molecule has 2 aliphatic rings. The Hall–Kier alpha value is -7.09. The number of hydrogen-bond acceptors (Lipinski definition) is 6. The molecule has 1 aromatic heterocycles. The van der Waals surface area contributed by atoms with E-state index in [9.17, 15) is 0 Å². The van der Waals surface area contributed by atoms with Gasteiger partial charge < -0.3 is 19.5 Å².